The summed E-state index contributed by atoms with van der Waals surface area (Å²) < 4.78 is 0. The lowest BCUT2D eigenvalue weighted by Crippen LogP contribution is -2.13. The molecule has 4 nitrogen and oxygen atoms in total. The highest BCUT2D eigenvalue weighted by atomic mass is 16.4. The second-order valence-electron chi connectivity index (χ2n) is 3.74. The first-order valence-corrected chi connectivity index (χ1v) is 4.71. The number of carbonyl (C=O) groups excluding carboxylic acids is 1. The number of nitrogens with zero attached hydrogens (tertiary/aromatic N) is 1. The van der Waals surface area contributed by atoms with Crippen molar-refractivity contribution in [1.82, 2.24) is 0 Å². The Morgan fingerprint density at radius 1 is 1.50 bits per heavy atom. The van der Waals surface area contributed by atoms with Gasteiger partial charge in [-0.05, 0) is 18.3 Å². The second kappa shape index (κ2) is 7.24. The van der Waals surface area contributed by atoms with Crippen LogP contribution in [0.1, 0.15) is 26.7 Å². The highest BCUT2D eigenvalue weighted by molar-refractivity contribution is 6.12. The van der Waals surface area contributed by atoms with Crippen molar-refractivity contribution in [3.63, 3.8) is 0 Å². The quantitative estimate of drug-likeness (QED) is 0.497. The van der Waals surface area contributed by atoms with Crippen molar-refractivity contribution in [2.24, 2.45) is 16.8 Å². The number of aliphatic carboxylic acids is 1. The number of aliphatic imine (C=N–C) groups is 1. The number of hydrogen-bond donors (Lipinski definition) is 1. The smallest absolute Gasteiger partial charge is 0.303 e. The Balaban J connectivity index is 4.02. The summed E-state index contributed by atoms with van der Waals surface area (Å²) in [5, 5.41) is 8.63. The molecular weight excluding hydrogens is 182 g/mol. The minimum absolute atomic E-state index is 0.0312. The molecular formula is C10H17NO3. The van der Waals surface area contributed by atoms with Crippen molar-refractivity contribution in [1.29, 1.82) is 0 Å². The van der Waals surface area contributed by atoms with E-state index in [1.54, 1.807) is 0 Å². The number of carboxylic acid groups (broad SMARTS) is 1. The van der Waals surface area contributed by atoms with E-state index in [0.717, 1.165) is 6.42 Å². The Labute approximate surface area is 84.0 Å². The fourth-order valence-corrected chi connectivity index (χ4v) is 1.39. The Hall–Kier alpha value is -1.19. The molecule has 0 heterocycles. The summed E-state index contributed by atoms with van der Waals surface area (Å²) in [5.41, 5.74) is 0. The predicted octanol–water partition coefficient (Wildman–Crippen LogP) is 1.39. The fraction of sp³-hybridized carbons (Fsp3) is 0.700. The van der Waals surface area contributed by atoms with Gasteiger partial charge in [-0.25, -0.2) is 0 Å². The minimum Gasteiger partial charge on any atom is -0.481 e. The molecule has 0 aliphatic heterocycles. The van der Waals surface area contributed by atoms with Crippen LogP contribution in [0.5, 0.6) is 0 Å². The van der Waals surface area contributed by atoms with Crippen LogP contribution in [0.2, 0.25) is 0 Å². The molecule has 14 heavy (non-hydrogen) atoms. The van der Waals surface area contributed by atoms with Gasteiger partial charge in [0.05, 0.1) is 6.21 Å². The van der Waals surface area contributed by atoms with E-state index < -0.39 is 5.97 Å². The molecule has 1 N–H and O–H groups in total. The third-order valence-corrected chi connectivity index (χ3v) is 1.80. The molecule has 4 heteroatoms. The maximum absolute atomic E-state index is 10.5. The largest absolute Gasteiger partial charge is 0.481 e. The van der Waals surface area contributed by atoms with Crippen LogP contribution >= 0.6 is 0 Å². The van der Waals surface area contributed by atoms with Gasteiger partial charge < -0.3 is 5.11 Å². The van der Waals surface area contributed by atoms with E-state index in [4.69, 9.17) is 5.11 Å². The van der Waals surface area contributed by atoms with Gasteiger partial charge in [-0.1, -0.05) is 13.8 Å². The van der Waals surface area contributed by atoms with Crippen molar-refractivity contribution in [2.45, 2.75) is 26.7 Å². The Morgan fingerprint density at radius 2 is 2.14 bits per heavy atom. The van der Waals surface area contributed by atoms with Gasteiger partial charge in [-0.15, -0.1) is 0 Å². The molecule has 0 fully saturated rings. The Morgan fingerprint density at radius 3 is 2.57 bits per heavy atom. The molecule has 0 aromatic heterocycles. The molecule has 0 aromatic rings. The number of aldehydes is 1. The first-order valence-electron chi connectivity index (χ1n) is 4.71. The van der Waals surface area contributed by atoms with Gasteiger partial charge in [0.15, 0.2) is 6.29 Å². The van der Waals surface area contributed by atoms with Crippen LogP contribution in [0.25, 0.3) is 0 Å². The van der Waals surface area contributed by atoms with E-state index in [1.165, 1.54) is 6.21 Å². The van der Waals surface area contributed by atoms with Gasteiger partial charge in [0, 0.05) is 13.0 Å². The lowest BCUT2D eigenvalue weighted by molar-refractivity contribution is -0.138. The van der Waals surface area contributed by atoms with Gasteiger partial charge in [0.25, 0.3) is 0 Å². The van der Waals surface area contributed by atoms with Crippen molar-refractivity contribution in [3.8, 4) is 0 Å². The second-order valence-corrected chi connectivity index (χ2v) is 3.74. The molecule has 80 valence electrons. The van der Waals surface area contributed by atoms with Gasteiger partial charge in [-0.2, -0.15) is 0 Å². The number of hydrogen-bond acceptors (Lipinski definition) is 3. The molecule has 0 radical (unpaired) electrons. The van der Waals surface area contributed by atoms with Crippen molar-refractivity contribution < 1.29 is 14.7 Å². The topological polar surface area (TPSA) is 66.7 Å². The minimum atomic E-state index is -0.808. The van der Waals surface area contributed by atoms with Crippen molar-refractivity contribution in [3.05, 3.63) is 0 Å². The van der Waals surface area contributed by atoms with E-state index in [1.807, 2.05) is 13.8 Å². The van der Waals surface area contributed by atoms with Crippen molar-refractivity contribution in [2.75, 3.05) is 6.54 Å². The molecule has 0 rings (SSSR count). The summed E-state index contributed by atoms with van der Waals surface area (Å²) in [6.07, 6.45) is 2.72. The molecule has 0 amide bonds. The van der Waals surface area contributed by atoms with E-state index in [9.17, 15) is 9.59 Å². The zero-order chi connectivity index (χ0) is 11.0. The zero-order valence-electron chi connectivity index (χ0n) is 8.64. The summed E-state index contributed by atoms with van der Waals surface area (Å²) in [4.78, 5) is 24.3. The normalized spacial score (nSPS) is 13.4. The molecule has 0 spiro atoms. The van der Waals surface area contributed by atoms with Gasteiger partial charge >= 0.3 is 5.97 Å². The average Bonchev–Trinajstić information content (AvgIpc) is 2.02. The lowest BCUT2D eigenvalue weighted by Gasteiger charge is -2.14. The summed E-state index contributed by atoms with van der Waals surface area (Å²) in [5.74, 6) is -0.327. The van der Waals surface area contributed by atoms with E-state index in [0.29, 0.717) is 18.7 Å². The van der Waals surface area contributed by atoms with E-state index >= 15 is 0 Å². The molecule has 1 atom stereocenters. The van der Waals surface area contributed by atoms with E-state index in [-0.39, 0.29) is 12.3 Å². The Bertz CT molecular complexity index is 211. The zero-order valence-corrected chi connectivity index (χ0v) is 8.64. The van der Waals surface area contributed by atoms with E-state index in [2.05, 4.69) is 4.99 Å². The Kier molecular flexibility index (Phi) is 6.62. The van der Waals surface area contributed by atoms with Gasteiger partial charge in [0.1, 0.15) is 0 Å². The molecule has 0 saturated carbocycles. The number of carboxylic acids is 1. The molecule has 0 aliphatic rings. The highest BCUT2D eigenvalue weighted by Gasteiger charge is 2.13. The lowest BCUT2D eigenvalue weighted by atomic mass is 9.94. The van der Waals surface area contributed by atoms with Crippen LogP contribution in [-0.2, 0) is 9.59 Å². The van der Waals surface area contributed by atoms with Crippen LogP contribution in [0.3, 0.4) is 0 Å². The van der Waals surface area contributed by atoms with Crippen LogP contribution in [0.4, 0.5) is 0 Å². The SMILES string of the molecule is CC(C)CC(CN=CC=O)CC(=O)O. The number of rotatable bonds is 7. The molecule has 0 aromatic carbocycles. The number of carbonyl (C=O) groups is 2. The monoisotopic (exact) mass is 199 g/mol. The van der Waals surface area contributed by atoms with Crippen LogP contribution in [0.15, 0.2) is 4.99 Å². The predicted molar refractivity (Wildman–Crippen MR) is 54.6 cm³/mol. The highest BCUT2D eigenvalue weighted by Crippen LogP contribution is 2.15. The summed E-state index contributed by atoms with van der Waals surface area (Å²) in [6.45, 7) is 4.50. The third kappa shape index (κ3) is 7.46. The van der Waals surface area contributed by atoms with Crippen LogP contribution in [-0.4, -0.2) is 30.1 Å². The molecule has 0 aliphatic carbocycles. The maximum atomic E-state index is 10.5. The molecule has 1 unspecified atom stereocenters. The van der Waals surface area contributed by atoms with Crippen molar-refractivity contribution >= 4 is 18.5 Å². The summed E-state index contributed by atoms with van der Waals surface area (Å²) in [7, 11) is 0. The molecule has 0 bridgehead atoms. The van der Waals surface area contributed by atoms with Gasteiger partial charge in [0.2, 0.25) is 0 Å². The average molecular weight is 199 g/mol. The van der Waals surface area contributed by atoms with Crippen LogP contribution < -0.4 is 0 Å². The maximum Gasteiger partial charge on any atom is 0.303 e. The first kappa shape index (κ1) is 12.8. The summed E-state index contributed by atoms with van der Waals surface area (Å²) in [6, 6.07) is 0. The first-order chi connectivity index (χ1) is 6.56. The summed E-state index contributed by atoms with van der Waals surface area (Å²) >= 11 is 0. The fourth-order valence-electron chi connectivity index (χ4n) is 1.39. The van der Waals surface area contributed by atoms with Crippen LogP contribution in [0, 0.1) is 11.8 Å². The molecule has 0 saturated heterocycles. The standard InChI is InChI=1S/C10H17NO3/c1-8(2)5-9(6-10(13)14)7-11-3-4-12/h3-4,8-9H,5-7H2,1-2H3,(H,13,14). The van der Waals surface area contributed by atoms with Gasteiger partial charge in [-0.3, -0.25) is 14.6 Å². The third-order valence-electron chi connectivity index (χ3n) is 1.80.